The number of amides is 1. The third-order valence-corrected chi connectivity index (χ3v) is 6.94. The van der Waals surface area contributed by atoms with Gasteiger partial charge in [0.15, 0.2) is 0 Å². The highest BCUT2D eigenvalue weighted by Gasteiger charge is 2.21. The molecule has 4 aromatic rings. The maximum atomic E-state index is 13.2. The number of sulfonamides is 1. The number of nitrogens with zero attached hydrogens (tertiary/aromatic N) is 2. The molecule has 0 fully saturated rings. The van der Waals surface area contributed by atoms with Gasteiger partial charge in [0.1, 0.15) is 5.75 Å². The molecule has 176 valence electrons. The van der Waals surface area contributed by atoms with Gasteiger partial charge >= 0.3 is 0 Å². The van der Waals surface area contributed by atoms with E-state index in [0.717, 1.165) is 0 Å². The number of hydrogen-bond acceptors (Lipinski definition) is 6. The number of ether oxygens (including phenoxy) is 1. The van der Waals surface area contributed by atoms with E-state index in [1.807, 2.05) is 10.8 Å². The number of nitrogens with one attached hydrogen (secondary N) is 1. The quantitative estimate of drug-likeness (QED) is 0.422. The molecule has 1 N–H and O–H groups in total. The minimum atomic E-state index is -4.15. The molecule has 4 rings (SSSR count). The van der Waals surface area contributed by atoms with Crippen molar-refractivity contribution in [1.29, 1.82) is 5.26 Å². The van der Waals surface area contributed by atoms with Gasteiger partial charge in [-0.05, 0) is 72.3 Å². The molecule has 3 aromatic carbocycles. The average molecular weight is 508 g/mol. The van der Waals surface area contributed by atoms with Gasteiger partial charge in [-0.1, -0.05) is 11.6 Å². The van der Waals surface area contributed by atoms with Crippen LogP contribution in [0.1, 0.15) is 21.5 Å². The third-order valence-electron chi connectivity index (χ3n) is 5.30. The Balaban J connectivity index is 1.66. The fourth-order valence-electron chi connectivity index (χ4n) is 3.57. The molecule has 0 aliphatic rings. The lowest BCUT2D eigenvalue weighted by Crippen LogP contribution is -2.31. The van der Waals surface area contributed by atoms with Gasteiger partial charge in [-0.2, -0.15) is 5.26 Å². The number of hydrogen-bond donors (Lipinski definition) is 1. The first kappa shape index (κ1) is 24.0. The van der Waals surface area contributed by atoms with E-state index < -0.39 is 15.9 Å². The molecule has 0 unspecified atom stereocenters. The van der Waals surface area contributed by atoms with Crippen molar-refractivity contribution in [2.24, 2.45) is 0 Å². The van der Waals surface area contributed by atoms with Crippen molar-refractivity contribution in [3.8, 4) is 11.8 Å². The minimum absolute atomic E-state index is 0.146. The average Bonchev–Trinajstić information content (AvgIpc) is 3.21. The fourth-order valence-corrected chi connectivity index (χ4v) is 4.68. The van der Waals surface area contributed by atoms with Gasteiger partial charge in [0, 0.05) is 22.2 Å². The monoisotopic (exact) mass is 507 g/mol. The summed E-state index contributed by atoms with van der Waals surface area (Å²) in [5, 5.41) is 9.94. The van der Waals surface area contributed by atoms with Crippen LogP contribution in [-0.2, 0) is 21.2 Å². The lowest BCUT2D eigenvalue weighted by Gasteiger charge is -2.07. The van der Waals surface area contributed by atoms with E-state index in [1.165, 1.54) is 42.1 Å². The number of halogens is 1. The second-order valence-corrected chi connectivity index (χ2v) is 9.68. The van der Waals surface area contributed by atoms with E-state index >= 15 is 0 Å². The van der Waals surface area contributed by atoms with E-state index in [-0.39, 0.29) is 17.2 Å². The highest BCUT2D eigenvalue weighted by Crippen LogP contribution is 2.28. The summed E-state index contributed by atoms with van der Waals surface area (Å²) < 4.78 is 34.0. The molecule has 1 aromatic heterocycles. The van der Waals surface area contributed by atoms with Gasteiger partial charge in [-0.3, -0.25) is 14.2 Å². The molecule has 0 aliphatic heterocycles. The van der Waals surface area contributed by atoms with E-state index in [2.05, 4.69) is 0 Å². The number of nitriles is 1. The highest BCUT2D eigenvalue weighted by atomic mass is 35.5. The van der Waals surface area contributed by atoms with Crippen molar-refractivity contribution in [1.82, 2.24) is 9.29 Å². The van der Waals surface area contributed by atoms with Crippen LogP contribution in [0.15, 0.2) is 77.8 Å². The predicted molar refractivity (Wildman–Crippen MR) is 130 cm³/mol. The smallest absolute Gasteiger partial charge is 0.264 e. The molecular weight excluding hydrogens is 490 g/mol. The van der Waals surface area contributed by atoms with Crippen molar-refractivity contribution >= 4 is 44.3 Å². The zero-order valence-corrected chi connectivity index (χ0v) is 19.9. The summed E-state index contributed by atoms with van der Waals surface area (Å²) >= 11 is 5.92. The third kappa shape index (κ3) is 5.04. The second kappa shape index (κ2) is 9.62. The molecule has 0 saturated heterocycles. The zero-order chi connectivity index (χ0) is 25.2. The van der Waals surface area contributed by atoms with Crippen LogP contribution in [0.3, 0.4) is 0 Å². The summed E-state index contributed by atoms with van der Waals surface area (Å²) in [7, 11) is -2.65. The van der Waals surface area contributed by atoms with Crippen LogP contribution in [0.25, 0.3) is 10.9 Å². The van der Waals surface area contributed by atoms with Gasteiger partial charge in [0.25, 0.3) is 15.9 Å². The summed E-state index contributed by atoms with van der Waals surface area (Å²) in [5.74, 6) is -0.607. The predicted octanol–water partition coefficient (Wildman–Crippen LogP) is 3.91. The van der Waals surface area contributed by atoms with Crippen LogP contribution in [0, 0.1) is 11.3 Å². The van der Waals surface area contributed by atoms with E-state index in [4.69, 9.17) is 21.6 Å². The van der Waals surface area contributed by atoms with Crippen LogP contribution in [-0.4, -0.2) is 31.9 Å². The molecule has 10 heteroatoms. The standard InChI is InChI=1S/C25H18ClN3O5S/c1-34-20-8-11-23-22(13-20)18(15-29(23)25(31)17-4-6-19(26)7-5-17)12-24(30)28-35(32,33)21-9-2-16(14-27)3-10-21/h2-11,13,15H,12H2,1H3,(H,28,30). The lowest BCUT2D eigenvalue weighted by molar-refractivity contribution is -0.118. The van der Waals surface area contributed by atoms with Crippen molar-refractivity contribution in [3.05, 3.63) is 94.6 Å². The van der Waals surface area contributed by atoms with Crippen LogP contribution in [0.4, 0.5) is 0 Å². The first-order valence-corrected chi connectivity index (χ1v) is 12.1. The van der Waals surface area contributed by atoms with Gasteiger partial charge in [0.2, 0.25) is 5.91 Å². The number of carbonyl (C=O) groups is 2. The fraction of sp³-hybridized carbons (Fsp3) is 0.0800. The van der Waals surface area contributed by atoms with Crippen LogP contribution in [0.2, 0.25) is 5.02 Å². The molecule has 0 bridgehead atoms. The molecular formula is C25H18ClN3O5S. The Kier molecular flexibility index (Phi) is 6.60. The Hall–Kier alpha value is -4.13. The first-order valence-electron chi connectivity index (χ1n) is 10.3. The number of rotatable bonds is 6. The minimum Gasteiger partial charge on any atom is -0.497 e. The molecule has 0 spiro atoms. The Morgan fingerprint density at radius 3 is 2.37 bits per heavy atom. The Labute approximate surface area is 206 Å². The van der Waals surface area contributed by atoms with Crippen LogP contribution >= 0.6 is 11.6 Å². The molecule has 1 heterocycles. The number of aromatic nitrogens is 1. The number of methoxy groups -OCH3 is 1. The molecule has 0 saturated carbocycles. The van der Waals surface area contributed by atoms with Gasteiger partial charge < -0.3 is 4.74 Å². The summed E-state index contributed by atoms with van der Waals surface area (Å²) in [4.78, 5) is 25.7. The van der Waals surface area contributed by atoms with E-state index in [9.17, 15) is 18.0 Å². The number of benzene rings is 3. The summed E-state index contributed by atoms with van der Waals surface area (Å²) in [6.07, 6.45) is 1.20. The van der Waals surface area contributed by atoms with Crippen molar-refractivity contribution in [2.45, 2.75) is 11.3 Å². The molecule has 0 aliphatic carbocycles. The largest absolute Gasteiger partial charge is 0.497 e. The topological polar surface area (TPSA) is 118 Å². The Morgan fingerprint density at radius 1 is 1.06 bits per heavy atom. The van der Waals surface area contributed by atoms with Crippen LogP contribution in [0.5, 0.6) is 5.75 Å². The van der Waals surface area contributed by atoms with Crippen LogP contribution < -0.4 is 9.46 Å². The summed E-state index contributed by atoms with van der Waals surface area (Å²) in [6.45, 7) is 0. The summed E-state index contributed by atoms with van der Waals surface area (Å²) in [6, 6.07) is 18.5. The van der Waals surface area contributed by atoms with Gasteiger partial charge in [-0.15, -0.1) is 0 Å². The van der Waals surface area contributed by atoms with Crippen molar-refractivity contribution in [3.63, 3.8) is 0 Å². The Bertz CT molecular complexity index is 1590. The maximum absolute atomic E-state index is 13.2. The van der Waals surface area contributed by atoms with Gasteiger partial charge in [-0.25, -0.2) is 13.1 Å². The molecule has 1 amide bonds. The highest BCUT2D eigenvalue weighted by molar-refractivity contribution is 7.90. The molecule has 35 heavy (non-hydrogen) atoms. The van der Waals surface area contributed by atoms with E-state index in [1.54, 1.807) is 42.5 Å². The Morgan fingerprint density at radius 2 is 1.74 bits per heavy atom. The van der Waals surface area contributed by atoms with Crippen molar-refractivity contribution in [2.75, 3.05) is 7.11 Å². The molecule has 0 atom stereocenters. The normalized spacial score (nSPS) is 11.1. The van der Waals surface area contributed by atoms with E-state index in [0.29, 0.717) is 38.4 Å². The molecule has 8 nitrogen and oxygen atoms in total. The first-order chi connectivity index (χ1) is 16.7. The lowest BCUT2D eigenvalue weighted by atomic mass is 10.1. The number of carbonyl (C=O) groups excluding carboxylic acids is 2. The maximum Gasteiger partial charge on any atom is 0.264 e. The molecule has 0 radical (unpaired) electrons. The zero-order valence-electron chi connectivity index (χ0n) is 18.4. The SMILES string of the molecule is COc1ccc2c(c1)c(CC(=O)NS(=O)(=O)c1ccc(C#N)cc1)cn2C(=O)c1ccc(Cl)cc1. The van der Waals surface area contributed by atoms with Crippen molar-refractivity contribution < 1.29 is 22.7 Å². The second-order valence-electron chi connectivity index (χ2n) is 7.56. The summed E-state index contributed by atoms with van der Waals surface area (Å²) in [5.41, 5.74) is 1.65. The number of fused-ring (bicyclic) bond motifs is 1. The van der Waals surface area contributed by atoms with Gasteiger partial charge in [0.05, 0.1) is 35.6 Å².